The van der Waals surface area contributed by atoms with E-state index >= 15 is 0 Å². The van der Waals surface area contributed by atoms with E-state index in [1.54, 1.807) is 22.7 Å². The minimum Gasteiger partial charge on any atom is -0.391 e. The maximum absolute atomic E-state index is 9.11. The average Bonchev–Trinajstić information content (AvgIpc) is 3.16. The zero-order valence-electron chi connectivity index (χ0n) is 10.7. The van der Waals surface area contributed by atoms with Crippen LogP contribution in [0.3, 0.4) is 0 Å². The summed E-state index contributed by atoms with van der Waals surface area (Å²) in [6, 6.07) is 16.4. The van der Waals surface area contributed by atoms with E-state index < -0.39 is 0 Å². The number of benzene rings is 1. The fraction of sp³-hybridized carbons (Fsp3) is 0.125. The smallest absolute Gasteiger partial charge is 0.0774 e. The van der Waals surface area contributed by atoms with Crippen molar-refractivity contribution in [3.63, 3.8) is 0 Å². The van der Waals surface area contributed by atoms with Crippen LogP contribution in [0.1, 0.15) is 9.75 Å². The molecule has 0 unspecified atom stereocenters. The van der Waals surface area contributed by atoms with Gasteiger partial charge in [0.1, 0.15) is 0 Å². The molecule has 0 aliphatic rings. The molecule has 0 aliphatic carbocycles. The van der Waals surface area contributed by atoms with Gasteiger partial charge in [0.15, 0.2) is 0 Å². The average molecular weight is 302 g/mol. The zero-order chi connectivity index (χ0) is 13.9. The second-order valence-electron chi connectivity index (χ2n) is 4.43. The fourth-order valence-electron chi connectivity index (χ4n) is 2.03. The SMILES string of the molecule is OCc1ccc(-c2ccc(-c3ccc(CO)s3)cc2)s1. The van der Waals surface area contributed by atoms with E-state index in [2.05, 4.69) is 24.3 Å². The molecule has 2 heterocycles. The van der Waals surface area contributed by atoms with Gasteiger partial charge in [-0.1, -0.05) is 24.3 Å². The third-order valence-corrected chi connectivity index (χ3v) is 5.33. The van der Waals surface area contributed by atoms with Crippen molar-refractivity contribution in [1.29, 1.82) is 0 Å². The highest BCUT2D eigenvalue weighted by molar-refractivity contribution is 7.15. The van der Waals surface area contributed by atoms with Crippen molar-refractivity contribution in [2.24, 2.45) is 0 Å². The summed E-state index contributed by atoms with van der Waals surface area (Å²) in [6.45, 7) is 0.198. The molecule has 0 fully saturated rings. The van der Waals surface area contributed by atoms with E-state index in [1.807, 2.05) is 24.3 Å². The van der Waals surface area contributed by atoms with Gasteiger partial charge in [0.05, 0.1) is 13.2 Å². The zero-order valence-corrected chi connectivity index (χ0v) is 12.4. The van der Waals surface area contributed by atoms with Crippen molar-refractivity contribution < 1.29 is 10.2 Å². The van der Waals surface area contributed by atoms with Crippen LogP contribution in [-0.4, -0.2) is 10.2 Å². The van der Waals surface area contributed by atoms with E-state index in [0.717, 1.165) is 20.9 Å². The van der Waals surface area contributed by atoms with E-state index in [4.69, 9.17) is 10.2 Å². The summed E-state index contributed by atoms with van der Waals surface area (Å²) < 4.78 is 0. The molecule has 0 aliphatic heterocycles. The number of aliphatic hydroxyl groups excluding tert-OH is 2. The molecular formula is C16H14O2S2. The van der Waals surface area contributed by atoms with Gasteiger partial charge in [-0.25, -0.2) is 0 Å². The second-order valence-corrected chi connectivity index (χ2v) is 6.76. The van der Waals surface area contributed by atoms with Crippen LogP contribution in [0.5, 0.6) is 0 Å². The number of thiophene rings is 2. The van der Waals surface area contributed by atoms with Crippen LogP contribution in [0, 0.1) is 0 Å². The summed E-state index contributed by atoms with van der Waals surface area (Å²) in [5.74, 6) is 0. The molecule has 0 amide bonds. The Kier molecular flexibility index (Phi) is 3.98. The molecule has 2 N–H and O–H groups in total. The van der Waals surface area contributed by atoms with Crippen LogP contribution in [0.15, 0.2) is 48.5 Å². The lowest BCUT2D eigenvalue weighted by Crippen LogP contribution is -1.75. The van der Waals surface area contributed by atoms with Gasteiger partial charge in [0, 0.05) is 19.5 Å². The number of hydrogen-bond acceptors (Lipinski definition) is 4. The van der Waals surface area contributed by atoms with Crippen molar-refractivity contribution in [2.75, 3.05) is 0 Å². The maximum Gasteiger partial charge on any atom is 0.0774 e. The van der Waals surface area contributed by atoms with Crippen molar-refractivity contribution in [2.45, 2.75) is 13.2 Å². The standard InChI is InChI=1S/C16H14O2S2/c17-9-13-5-7-15(19-13)11-1-2-12(4-3-11)16-8-6-14(10-18)20-16/h1-8,17-18H,9-10H2. The first-order valence-corrected chi connectivity index (χ1v) is 7.93. The molecule has 3 aromatic rings. The minimum atomic E-state index is 0.0991. The van der Waals surface area contributed by atoms with Gasteiger partial charge < -0.3 is 10.2 Å². The second kappa shape index (κ2) is 5.89. The lowest BCUT2D eigenvalue weighted by atomic mass is 10.1. The van der Waals surface area contributed by atoms with Gasteiger partial charge in [-0.3, -0.25) is 0 Å². The molecule has 0 saturated heterocycles. The summed E-state index contributed by atoms with van der Waals surface area (Å²) >= 11 is 3.23. The molecule has 20 heavy (non-hydrogen) atoms. The van der Waals surface area contributed by atoms with Gasteiger partial charge in [-0.05, 0) is 35.4 Å². The van der Waals surface area contributed by atoms with Gasteiger partial charge in [-0.15, -0.1) is 22.7 Å². The van der Waals surface area contributed by atoms with E-state index in [0.29, 0.717) is 0 Å². The van der Waals surface area contributed by atoms with Gasteiger partial charge in [0.2, 0.25) is 0 Å². The van der Waals surface area contributed by atoms with E-state index in [9.17, 15) is 0 Å². The number of rotatable bonds is 4. The van der Waals surface area contributed by atoms with Crippen molar-refractivity contribution in [1.82, 2.24) is 0 Å². The number of hydrogen-bond donors (Lipinski definition) is 2. The lowest BCUT2D eigenvalue weighted by Gasteiger charge is -2.00. The van der Waals surface area contributed by atoms with Crippen LogP contribution in [0.2, 0.25) is 0 Å². The lowest BCUT2D eigenvalue weighted by molar-refractivity contribution is 0.285. The Morgan fingerprint density at radius 2 is 1.00 bits per heavy atom. The van der Waals surface area contributed by atoms with Crippen LogP contribution in [0.25, 0.3) is 20.9 Å². The maximum atomic E-state index is 9.11. The third-order valence-electron chi connectivity index (χ3n) is 3.09. The topological polar surface area (TPSA) is 40.5 Å². The molecule has 2 nitrogen and oxygen atoms in total. The van der Waals surface area contributed by atoms with Gasteiger partial charge in [0.25, 0.3) is 0 Å². The minimum absolute atomic E-state index is 0.0991. The van der Waals surface area contributed by atoms with Crippen molar-refractivity contribution in [3.8, 4) is 20.9 Å². The van der Waals surface area contributed by atoms with Crippen LogP contribution in [0.4, 0.5) is 0 Å². The first-order chi connectivity index (χ1) is 9.80. The van der Waals surface area contributed by atoms with Crippen LogP contribution >= 0.6 is 22.7 Å². The van der Waals surface area contributed by atoms with E-state index in [-0.39, 0.29) is 13.2 Å². The Labute approximate surface area is 125 Å². The highest BCUT2D eigenvalue weighted by Gasteiger charge is 2.05. The molecule has 4 heteroatoms. The van der Waals surface area contributed by atoms with Crippen LogP contribution in [-0.2, 0) is 13.2 Å². The molecule has 1 aromatic carbocycles. The summed E-state index contributed by atoms with van der Waals surface area (Å²) in [7, 11) is 0. The predicted octanol–water partition coefficient (Wildman–Crippen LogP) is 4.13. The Bertz CT molecular complexity index is 634. The number of aliphatic hydroxyl groups is 2. The molecule has 0 spiro atoms. The molecule has 0 radical (unpaired) electrons. The molecule has 3 rings (SSSR count). The molecule has 0 saturated carbocycles. The van der Waals surface area contributed by atoms with Crippen molar-refractivity contribution >= 4 is 22.7 Å². The summed E-state index contributed by atoms with van der Waals surface area (Å²) in [4.78, 5) is 4.30. The molecule has 2 aromatic heterocycles. The largest absolute Gasteiger partial charge is 0.391 e. The predicted molar refractivity (Wildman–Crippen MR) is 84.9 cm³/mol. The first kappa shape index (κ1) is 13.5. The molecule has 0 atom stereocenters. The summed E-state index contributed by atoms with van der Waals surface area (Å²) in [5.41, 5.74) is 2.33. The Morgan fingerprint density at radius 1 is 0.600 bits per heavy atom. The Balaban J connectivity index is 1.87. The van der Waals surface area contributed by atoms with Gasteiger partial charge >= 0.3 is 0 Å². The molecule has 0 bridgehead atoms. The normalized spacial score (nSPS) is 10.9. The van der Waals surface area contributed by atoms with Crippen LogP contribution < -0.4 is 0 Å². The Morgan fingerprint density at radius 3 is 1.30 bits per heavy atom. The monoisotopic (exact) mass is 302 g/mol. The summed E-state index contributed by atoms with van der Waals surface area (Å²) in [6.07, 6.45) is 0. The molecular weight excluding hydrogens is 288 g/mol. The van der Waals surface area contributed by atoms with Crippen molar-refractivity contribution in [3.05, 3.63) is 58.3 Å². The molecule has 102 valence electrons. The highest BCUT2D eigenvalue weighted by atomic mass is 32.1. The highest BCUT2D eigenvalue weighted by Crippen LogP contribution is 2.32. The fourth-order valence-corrected chi connectivity index (χ4v) is 3.78. The Hall–Kier alpha value is -1.46. The van der Waals surface area contributed by atoms with E-state index in [1.165, 1.54) is 9.75 Å². The first-order valence-electron chi connectivity index (χ1n) is 6.30. The summed E-state index contributed by atoms with van der Waals surface area (Å²) in [5, 5.41) is 18.2. The quantitative estimate of drug-likeness (QED) is 0.761. The third kappa shape index (κ3) is 2.69. The van der Waals surface area contributed by atoms with Gasteiger partial charge in [-0.2, -0.15) is 0 Å².